The zero-order chi connectivity index (χ0) is 16.8. The molecule has 0 aliphatic carbocycles. The molecular formula is C17H20N2O3S. The number of hydrogen-bond acceptors (Lipinski definition) is 5. The first-order valence-corrected chi connectivity index (χ1v) is 7.87. The average Bonchev–Trinajstić information content (AvgIpc) is 2.53. The van der Waals surface area contributed by atoms with E-state index in [-0.39, 0.29) is 11.0 Å². The van der Waals surface area contributed by atoms with Crippen molar-refractivity contribution in [3.63, 3.8) is 0 Å². The van der Waals surface area contributed by atoms with Crippen LogP contribution in [0.5, 0.6) is 5.75 Å². The number of aromatic nitrogens is 1. The van der Waals surface area contributed by atoms with Gasteiger partial charge in [0.1, 0.15) is 11.6 Å². The minimum Gasteiger partial charge on any atom is -0.508 e. The molecule has 122 valence electrons. The van der Waals surface area contributed by atoms with Gasteiger partial charge in [-0.2, -0.15) is 12.6 Å². The first-order valence-electron chi connectivity index (χ1n) is 7.35. The normalized spacial score (nSPS) is 13.4. The van der Waals surface area contributed by atoms with Crippen molar-refractivity contribution < 1.29 is 15.0 Å². The molecule has 0 saturated carbocycles. The van der Waals surface area contributed by atoms with Crippen LogP contribution in [-0.2, 0) is 17.6 Å². The summed E-state index contributed by atoms with van der Waals surface area (Å²) in [7, 11) is 0. The second kappa shape index (κ2) is 7.87. The highest BCUT2D eigenvalue weighted by Crippen LogP contribution is 2.24. The maximum Gasteiger partial charge on any atom is 0.307 e. The summed E-state index contributed by atoms with van der Waals surface area (Å²) in [6.45, 7) is 0. The molecule has 2 atom stereocenters. The lowest BCUT2D eigenvalue weighted by Gasteiger charge is -2.19. The van der Waals surface area contributed by atoms with E-state index in [1.54, 1.807) is 30.5 Å². The fourth-order valence-electron chi connectivity index (χ4n) is 2.43. The number of hydrogen-bond donors (Lipinski definition) is 4. The van der Waals surface area contributed by atoms with E-state index in [1.165, 1.54) is 0 Å². The molecule has 0 saturated heterocycles. The second-order valence-electron chi connectivity index (χ2n) is 5.47. The van der Waals surface area contributed by atoms with Crippen LogP contribution in [0.2, 0.25) is 0 Å². The van der Waals surface area contributed by atoms with Crippen LogP contribution in [0.3, 0.4) is 0 Å². The van der Waals surface area contributed by atoms with Gasteiger partial charge in [0.05, 0.1) is 5.92 Å². The van der Waals surface area contributed by atoms with Crippen molar-refractivity contribution in [3.8, 4) is 5.75 Å². The topological polar surface area (TPSA) is 96.4 Å². The summed E-state index contributed by atoms with van der Waals surface area (Å²) in [5.41, 5.74) is 7.15. The molecule has 6 heteroatoms. The van der Waals surface area contributed by atoms with Gasteiger partial charge in [0, 0.05) is 11.4 Å². The van der Waals surface area contributed by atoms with Crippen LogP contribution in [0, 0.1) is 5.92 Å². The van der Waals surface area contributed by atoms with E-state index < -0.39 is 11.9 Å². The number of anilines is 1. The quantitative estimate of drug-likeness (QED) is 0.584. The minimum atomic E-state index is -0.890. The Bertz CT molecular complexity index is 661. The summed E-state index contributed by atoms with van der Waals surface area (Å²) in [6.07, 6.45) is 3.07. The Morgan fingerprint density at radius 3 is 2.61 bits per heavy atom. The van der Waals surface area contributed by atoms with Gasteiger partial charge in [-0.15, -0.1) is 0 Å². The van der Waals surface area contributed by atoms with Crippen molar-refractivity contribution in [3.05, 3.63) is 53.7 Å². The molecule has 0 aliphatic heterocycles. The molecule has 2 unspecified atom stereocenters. The standard InChI is InChI=1S/C17H20N2O3S/c18-16-8-5-11(10-19-16)9-13(17(21)22)15(23)7-6-12-3-1-2-4-14(12)20/h1-5,8,10,13,15,20,23H,6-7,9H2,(H2,18,19)(H,21,22). The third-order valence-corrected chi connectivity index (χ3v) is 4.40. The zero-order valence-electron chi connectivity index (χ0n) is 12.6. The Morgan fingerprint density at radius 1 is 1.26 bits per heavy atom. The summed E-state index contributed by atoms with van der Waals surface area (Å²) in [5, 5.41) is 18.9. The van der Waals surface area contributed by atoms with Crippen molar-refractivity contribution >= 4 is 24.4 Å². The SMILES string of the molecule is Nc1ccc(CC(C(=O)O)C(S)CCc2ccccc2O)cn1. The van der Waals surface area contributed by atoms with Crippen LogP contribution in [0.15, 0.2) is 42.6 Å². The van der Waals surface area contributed by atoms with Crippen LogP contribution in [0.4, 0.5) is 5.82 Å². The summed E-state index contributed by atoms with van der Waals surface area (Å²) in [6, 6.07) is 10.5. The number of aliphatic carboxylic acids is 1. The third-order valence-electron chi connectivity index (χ3n) is 3.79. The van der Waals surface area contributed by atoms with Crippen LogP contribution in [-0.4, -0.2) is 26.4 Å². The van der Waals surface area contributed by atoms with E-state index in [0.717, 1.165) is 11.1 Å². The smallest absolute Gasteiger partial charge is 0.307 e. The van der Waals surface area contributed by atoms with Gasteiger partial charge < -0.3 is 15.9 Å². The minimum absolute atomic E-state index is 0.225. The number of aryl methyl sites for hydroxylation is 1. The predicted molar refractivity (Wildman–Crippen MR) is 92.7 cm³/mol. The highest BCUT2D eigenvalue weighted by Gasteiger charge is 2.26. The molecule has 4 N–H and O–H groups in total. The average molecular weight is 332 g/mol. The van der Waals surface area contributed by atoms with Gasteiger partial charge in [0.15, 0.2) is 0 Å². The molecule has 0 fully saturated rings. The monoisotopic (exact) mass is 332 g/mol. The van der Waals surface area contributed by atoms with Crippen molar-refractivity contribution in [1.82, 2.24) is 4.98 Å². The molecule has 0 bridgehead atoms. The maximum absolute atomic E-state index is 11.5. The lowest BCUT2D eigenvalue weighted by molar-refractivity contribution is -0.141. The van der Waals surface area contributed by atoms with Gasteiger partial charge in [-0.3, -0.25) is 4.79 Å². The van der Waals surface area contributed by atoms with Crippen molar-refractivity contribution in [2.24, 2.45) is 5.92 Å². The number of nitrogen functional groups attached to an aromatic ring is 1. The largest absolute Gasteiger partial charge is 0.508 e. The Kier molecular flexibility index (Phi) is 5.87. The van der Waals surface area contributed by atoms with E-state index in [4.69, 9.17) is 5.73 Å². The van der Waals surface area contributed by atoms with E-state index in [9.17, 15) is 15.0 Å². The molecule has 1 aromatic carbocycles. The van der Waals surface area contributed by atoms with Crippen molar-refractivity contribution in [2.75, 3.05) is 5.73 Å². The Hall–Kier alpha value is -2.21. The number of carboxylic acid groups (broad SMARTS) is 1. The van der Waals surface area contributed by atoms with Crippen LogP contribution in [0.1, 0.15) is 17.5 Å². The highest BCUT2D eigenvalue weighted by molar-refractivity contribution is 7.81. The summed E-state index contributed by atoms with van der Waals surface area (Å²) in [4.78, 5) is 15.5. The Labute approximate surface area is 140 Å². The molecule has 23 heavy (non-hydrogen) atoms. The highest BCUT2D eigenvalue weighted by atomic mass is 32.1. The number of rotatable bonds is 7. The number of thiol groups is 1. The van der Waals surface area contributed by atoms with Crippen molar-refractivity contribution in [2.45, 2.75) is 24.5 Å². The molecule has 0 spiro atoms. The van der Waals surface area contributed by atoms with Gasteiger partial charge in [-0.05, 0) is 42.5 Å². The van der Waals surface area contributed by atoms with Gasteiger partial charge in [0.25, 0.3) is 0 Å². The van der Waals surface area contributed by atoms with Crippen LogP contribution in [0.25, 0.3) is 0 Å². The maximum atomic E-state index is 11.5. The second-order valence-corrected chi connectivity index (χ2v) is 6.14. The van der Waals surface area contributed by atoms with Crippen molar-refractivity contribution in [1.29, 1.82) is 0 Å². The number of nitrogens with two attached hydrogens (primary N) is 1. The molecular weight excluding hydrogens is 312 g/mol. The number of carbonyl (C=O) groups is 1. The Morgan fingerprint density at radius 2 is 2.00 bits per heavy atom. The molecule has 2 rings (SSSR count). The Balaban J connectivity index is 2.01. The summed E-state index contributed by atoms with van der Waals surface area (Å²) in [5.74, 6) is -0.890. The number of nitrogens with zero attached hydrogens (tertiary/aromatic N) is 1. The molecule has 1 heterocycles. The van der Waals surface area contributed by atoms with Gasteiger partial charge in [-0.1, -0.05) is 24.3 Å². The van der Waals surface area contributed by atoms with Gasteiger partial charge in [-0.25, -0.2) is 4.98 Å². The lowest BCUT2D eigenvalue weighted by Crippen LogP contribution is -2.27. The zero-order valence-corrected chi connectivity index (χ0v) is 13.5. The fraction of sp³-hybridized carbons (Fsp3) is 0.294. The predicted octanol–water partition coefficient (Wildman–Crippen LogP) is 2.54. The number of benzene rings is 1. The third kappa shape index (κ3) is 4.89. The molecule has 0 amide bonds. The number of phenols is 1. The first-order chi connectivity index (χ1) is 11.0. The number of carboxylic acids is 1. The number of aromatic hydroxyl groups is 1. The van der Waals surface area contributed by atoms with E-state index in [0.29, 0.717) is 25.1 Å². The first kappa shape index (κ1) is 17.1. The van der Waals surface area contributed by atoms with Gasteiger partial charge in [0.2, 0.25) is 0 Å². The van der Waals surface area contributed by atoms with E-state index >= 15 is 0 Å². The number of pyridine rings is 1. The molecule has 0 radical (unpaired) electrons. The van der Waals surface area contributed by atoms with E-state index in [2.05, 4.69) is 17.6 Å². The number of para-hydroxylation sites is 1. The fourth-order valence-corrected chi connectivity index (χ4v) is 2.79. The van der Waals surface area contributed by atoms with Gasteiger partial charge >= 0.3 is 5.97 Å². The summed E-state index contributed by atoms with van der Waals surface area (Å²) < 4.78 is 0. The van der Waals surface area contributed by atoms with Crippen LogP contribution < -0.4 is 5.73 Å². The summed E-state index contributed by atoms with van der Waals surface area (Å²) >= 11 is 4.47. The molecule has 5 nitrogen and oxygen atoms in total. The molecule has 1 aromatic heterocycles. The molecule has 0 aliphatic rings. The molecule has 2 aromatic rings. The van der Waals surface area contributed by atoms with E-state index in [1.807, 2.05) is 12.1 Å². The lowest BCUT2D eigenvalue weighted by atomic mass is 9.93. The van der Waals surface area contributed by atoms with Crippen LogP contribution >= 0.6 is 12.6 Å². The number of phenolic OH excluding ortho intramolecular Hbond substituents is 1.